The van der Waals surface area contributed by atoms with Crippen molar-refractivity contribution in [2.45, 2.75) is 64.6 Å². The van der Waals surface area contributed by atoms with Gasteiger partial charge in [-0.2, -0.15) is 5.26 Å². The van der Waals surface area contributed by atoms with E-state index in [0.29, 0.717) is 34.1 Å². The van der Waals surface area contributed by atoms with Crippen LogP contribution in [-0.4, -0.2) is 35.1 Å². The Kier molecular flexibility index (Phi) is 7.68. The molecule has 0 bridgehead atoms. The van der Waals surface area contributed by atoms with Gasteiger partial charge in [0.15, 0.2) is 0 Å². The van der Waals surface area contributed by atoms with E-state index in [0.717, 1.165) is 24.1 Å². The number of nitriles is 1. The van der Waals surface area contributed by atoms with Crippen LogP contribution in [0.4, 0.5) is 0 Å². The molecule has 0 atom stereocenters. The molecule has 0 saturated carbocycles. The highest BCUT2D eigenvalue weighted by molar-refractivity contribution is 6.32. The lowest BCUT2D eigenvalue weighted by atomic mass is 9.79. The molecule has 0 radical (unpaired) electrons. The molecule has 0 unspecified atom stereocenters. The van der Waals surface area contributed by atoms with Gasteiger partial charge in [-0.25, -0.2) is 4.98 Å². The number of rotatable bonds is 6. The number of nitrogens with zero attached hydrogens (tertiary/aromatic N) is 2. The van der Waals surface area contributed by atoms with E-state index in [4.69, 9.17) is 21.1 Å². The molecule has 0 spiro atoms. The van der Waals surface area contributed by atoms with Gasteiger partial charge in [0, 0.05) is 40.0 Å². The zero-order valence-electron chi connectivity index (χ0n) is 22.6. The van der Waals surface area contributed by atoms with Crippen molar-refractivity contribution in [3.8, 4) is 34.6 Å². The minimum absolute atomic E-state index is 0.0415. The smallest absolute Gasteiger partial charge is 0.251 e. The van der Waals surface area contributed by atoms with Crippen molar-refractivity contribution in [3.05, 3.63) is 70.4 Å². The van der Waals surface area contributed by atoms with Gasteiger partial charge < -0.3 is 20.1 Å². The summed E-state index contributed by atoms with van der Waals surface area (Å²) in [5, 5.41) is 17.0. The number of nitrogens with one attached hydrogen (secondary N) is 2. The minimum Gasteiger partial charge on any atom is -0.481 e. The molecule has 4 rings (SSSR count). The van der Waals surface area contributed by atoms with Crippen LogP contribution in [0.15, 0.2) is 48.5 Å². The summed E-state index contributed by atoms with van der Waals surface area (Å²) in [4.78, 5) is 17.4. The maximum atomic E-state index is 13.0. The first-order valence-electron chi connectivity index (χ1n) is 12.5. The van der Waals surface area contributed by atoms with Gasteiger partial charge in [0.25, 0.3) is 5.91 Å². The molecular formula is C30H33ClN4O3. The Bertz CT molecular complexity index is 1400. The minimum atomic E-state index is -0.182. The van der Waals surface area contributed by atoms with E-state index >= 15 is 0 Å². The van der Waals surface area contributed by atoms with E-state index in [9.17, 15) is 10.1 Å². The molecule has 1 aromatic heterocycles. The molecule has 1 fully saturated rings. The predicted octanol–water partition coefficient (Wildman–Crippen LogP) is 6.42. The summed E-state index contributed by atoms with van der Waals surface area (Å²) in [6, 6.07) is 16.2. The van der Waals surface area contributed by atoms with E-state index in [1.807, 2.05) is 25.1 Å². The maximum absolute atomic E-state index is 13.0. The number of aryl methyl sites for hydroxylation is 1. The second-order valence-electron chi connectivity index (χ2n) is 11.0. The number of carbonyl (C=O) groups is 1. The number of aromatic nitrogens is 1. The fourth-order valence-electron chi connectivity index (χ4n) is 5.41. The lowest BCUT2D eigenvalue weighted by molar-refractivity contribution is 0.0873. The van der Waals surface area contributed by atoms with Crippen LogP contribution in [-0.2, 0) is 0 Å². The van der Waals surface area contributed by atoms with Crippen LogP contribution in [0.25, 0.3) is 11.1 Å². The number of pyridine rings is 1. The highest BCUT2D eigenvalue weighted by Crippen LogP contribution is 2.37. The number of benzene rings is 2. The van der Waals surface area contributed by atoms with Crippen LogP contribution in [0.1, 0.15) is 62.2 Å². The number of amides is 1. The van der Waals surface area contributed by atoms with Crippen LogP contribution < -0.4 is 20.1 Å². The van der Waals surface area contributed by atoms with Crippen molar-refractivity contribution in [3.63, 3.8) is 0 Å². The number of methoxy groups -OCH3 is 1. The van der Waals surface area contributed by atoms with Crippen LogP contribution in [0.3, 0.4) is 0 Å². The molecule has 1 aliphatic heterocycles. The number of hydrogen-bond donors (Lipinski definition) is 2. The SMILES string of the molecule is COc1cc(-c2cccc(Oc3ccc(C(=O)NC4CC(C)(C)NC(C)(C)C4)cc3Cl)c2C#N)cc(C)n1. The first kappa shape index (κ1) is 27.4. The summed E-state index contributed by atoms with van der Waals surface area (Å²) in [5.41, 5.74) is 2.89. The van der Waals surface area contributed by atoms with Gasteiger partial charge in [-0.1, -0.05) is 23.7 Å². The standard InChI is InChI=1S/C30H33ClN4O3/c1-18-12-20(14-27(33-18)37-6)22-8-7-9-25(23(22)17-32)38-26-11-10-19(13-24(26)31)28(36)34-21-15-29(2,3)35-30(4,5)16-21/h7-14,21,35H,15-16H2,1-6H3,(H,34,36). The number of ether oxygens (including phenoxy) is 2. The first-order valence-corrected chi connectivity index (χ1v) is 12.9. The Morgan fingerprint density at radius 1 is 1.11 bits per heavy atom. The second kappa shape index (κ2) is 10.6. The van der Waals surface area contributed by atoms with E-state index < -0.39 is 0 Å². The molecule has 2 aromatic carbocycles. The topological polar surface area (TPSA) is 96.3 Å². The Labute approximate surface area is 229 Å². The molecule has 8 heteroatoms. The molecule has 2 N–H and O–H groups in total. The molecule has 7 nitrogen and oxygen atoms in total. The summed E-state index contributed by atoms with van der Waals surface area (Å²) in [6.07, 6.45) is 1.65. The molecule has 0 aliphatic carbocycles. The van der Waals surface area contributed by atoms with Gasteiger partial charge >= 0.3 is 0 Å². The predicted molar refractivity (Wildman–Crippen MR) is 149 cm³/mol. The highest BCUT2D eigenvalue weighted by Gasteiger charge is 2.38. The van der Waals surface area contributed by atoms with Crippen molar-refractivity contribution >= 4 is 17.5 Å². The highest BCUT2D eigenvalue weighted by atomic mass is 35.5. The molecule has 38 heavy (non-hydrogen) atoms. The van der Waals surface area contributed by atoms with Crippen molar-refractivity contribution in [2.75, 3.05) is 7.11 Å². The van der Waals surface area contributed by atoms with Crippen LogP contribution in [0.5, 0.6) is 17.4 Å². The quantitative estimate of drug-likeness (QED) is 0.380. The molecule has 198 valence electrons. The number of piperidine rings is 1. The Hall–Kier alpha value is -3.60. The van der Waals surface area contributed by atoms with Crippen LogP contribution >= 0.6 is 11.6 Å². The van der Waals surface area contributed by atoms with Gasteiger partial charge in [-0.15, -0.1) is 0 Å². The van der Waals surface area contributed by atoms with Gasteiger partial charge in [-0.3, -0.25) is 4.79 Å². The van der Waals surface area contributed by atoms with Crippen molar-refractivity contribution in [1.82, 2.24) is 15.6 Å². The third kappa shape index (κ3) is 6.27. The monoisotopic (exact) mass is 532 g/mol. The molecule has 1 saturated heterocycles. The van der Waals surface area contributed by atoms with Gasteiger partial charge in [0.05, 0.1) is 12.1 Å². The van der Waals surface area contributed by atoms with E-state index in [-0.39, 0.29) is 28.0 Å². The summed E-state index contributed by atoms with van der Waals surface area (Å²) in [6.45, 7) is 10.4. The number of carbonyl (C=O) groups excluding carboxylic acids is 1. The largest absolute Gasteiger partial charge is 0.481 e. The molecule has 2 heterocycles. The Balaban J connectivity index is 1.56. The van der Waals surface area contributed by atoms with Crippen molar-refractivity contribution < 1.29 is 14.3 Å². The lowest BCUT2D eigenvalue weighted by Gasteiger charge is -2.46. The van der Waals surface area contributed by atoms with E-state index in [1.54, 1.807) is 37.4 Å². The third-order valence-corrected chi connectivity index (χ3v) is 6.82. The van der Waals surface area contributed by atoms with Gasteiger partial charge in [0.2, 0.25) is 5.88 Å². The fraction of sp³-hybridized carbons (Fsp3) is 0.367. The van der Waals surface area contributed by atoms with E-state index in [2.05, 4.69) is 49.4 Å². The number of hydrogen-bond acceptors (Lipinski definition) is 6. The van der Waals surface area contributed by atoms with Crippen LogP contribution in [0.2, 0.25) is 5.02 Å². The molecule has 1 amide bonds. The third-order valence-electron chi connectivity index (χ3n) is 6.53. The Morgan fingerprint density at radius 3 is 2.45 bits per heavy atom. The molecular weight excluding hydrogens is 500 g/mol. The molecule has 1 aliphatic rings. The number of halogens is 1. The van der Waals surface area contributed by atoms with Gasteiger partial charge in [0.1, 0.15) is 23.1 Å². The zero-order valence-corrected chi connectivity index (χ0v) is 23.4. The average Bonchev–Trinajstić information content (AvgIpc) is 2.82. The lowest BCUT2D eigenvalue weighted by Crippen LogP contribution is -2.62. The zero-order chi connectivity index (χ0) is 27.7. The summed E-state index contributed by atoms with van der Waals surface area (Å²) in [7, 11) is 1.55. The first-order chi connectivity index (χ1) is 17.9. The van der Waals surface area contributed by atoms with Gasteiger partial charge in [-0.05, 0) is 83.4 Å². The average molecular weight is 533 g/mol. The van der Waals surface area contributed by atoms with Crippen molar-refractivity contribution in [1.29, 1.82) is 5.26 Å². The summed E-state index contributed by atoms with van der Waals surface area (Å²) in [5.74, 6) is 0.989. The van der Waals surface area contributed by atoms with Crippen molar-refractivity contribution in [2.24, 2.45) is 0 Å². The maximum Gasteiger partial charge on any atom is 0.251 e. The van der Waals surface area contributed by atoms with E-state index in [1.165, 1.54) is 0 Å². The Morgan fingerprint density at radius 2 is 1.82 bits per heavy atom. The summed E-state index contributed by atoms with van der Waals surface area (Å²) < 4.78 is 11.4. The fourth-order valence-corrected chi connectivity index (χ4v) is 5.63. The summed E-state index contributed by atoms with van der Waals surface area (Å²) >= 11 is 6.55. The molecule has 3 aromatic rings. The van der Waals surface area contributed by atoms with Crippen LogP contribution in [0, 0.1) is 18.3 Å². The second-order valence-corrected chi connectivity index (χ2v) is 11.5. The normalized spacial score (nSPS) is 16.4.